The molecule has 2 heterocycles. The first-order valence-corrected chi connectivity index (χ1v) is 12.3. The summed E-state index contributed by atoms with van der Waals surface area (Å²) < 4.78 is 28.0. The molecule has 35 heavy (non-hydrogen) atoms. The number of hydrogen-bond acceptors (Lipinski definition) is 10. The molecule has 0 saturated carbocycles. The van der Waals surface area contributed by atoms with Crippen molar-refractivity contribution < 1.29 is 47.7 Å². The summed E-state index contributed by atoms with van der Waals surface area (Å²) in [5, 5.41) is 0. The van der Waals surface area contributed by atoms with Crippen LogP contribution in [0.4, 0.5) is 0 Å². The van der Waals surface area contributed by atoms with Crippen molar-refractivity contribution in [1.29, 1.82) is 0 Å². The maximum atomic E-state index is 12.6. The molecule has 0 N–H and O–H groups in total. The molecule has 11 heteroatoms. The highest BCUT2D eigenvalue weighted by Crippen LogP contribution is 2.33. The van der Waals surface area contributed by atoms with Crippen molar-refractivity contribution in [2.75, 3.05) is 13.2 Å². The van der Waals surface area contributed by atoms with Crippen molar-refractivity contribution in [2.24, 2.45) is 0 Å². The van der Waals surface area contributed by atoms with E-state index >= 15 is 0 Å². The van der Waals surface area contributed by atoms with Gasteiger partial charge in [0.1, 0.15) is 18.8 Å². The molecule has 2 aliphatic rings. The molecule has 0 spiro atoms. The molecular weight excluding hydrogens is 462 g/mol. The summed E-state index contributed by atoms with van der Waals surface area (Å²) in [4.78, 5) is 61.6. The summed E-state index contributed by atoms with van der Waals surface area (Å²) in [5.74, 6) is -2.93. The maximum absolute atomic E-state index is 12.6. The highest BCUT2D eigenvalue weighted by atomic mass is 16.7. The number of carbonyl (C=O) groups excluding carboxylic acids is 5. The molecule has 2 aliphatic heterocycles. The fourth-order valence-electron chi connectivity index (χ4n) is 4.30. The molecule has 0 aromatic carbocycles. The lowest BCUT2D eigenvalue weighted by atomic mass is 9.95. The van der Waals surface area contributed by atoms with Crippen molar-refractivity contribution in [3.8, 4) is 0 Å². The van der Waals surface area contributed by atoms with E-state index in [2.05, 4.69) is 6.92 Å². The first-order valence-electron chi connectivity index (χ1n) is 12.3. The van der Waals surface area contributed by atoms with Crippen LogP contribution >= 0.6 is 0 Å². The topological polar surface area (TPSA) is 135 Å². The summed E-state index contributed by atoms with van der Waals surface area (Å²) in [7, 11) is 0. The Labute approximate surface area is 205 Å². The van der Waals surface area contributed by atoms with E-state index in [0.717, 1.165) is 57.3 Å². The first kappa shape index (κ1) is 28.7. The van der Waals surface area contributed by atoms with E-state index in [9.17, 15) is 24.0 Å². The Hall–Kier alpha value is -2.53. The lowest BCUT2D eigenvalue weighted by Crippen LogP contribution is -2.67. The van der Waals surface area contributed by atoms with Crippen LogP contribution in [-0.4, -0.2) is 78.5 Å². The second-order valence-corrected chi connectivity index (χ2v) is 8.78. The van der Waals surface area contributed by atoms with Gasteiger partial charge in [-0.3, -0.25) is 28.9 Å². The van der Waals surface area contributed by atoms with Gasteiger partial charge >= 0.3 is 17.9 Å². The Kier molecular flexibility index (Phi) is 11.6. The van der Waals surface area contributed by atoms with Crippen LogP contribution in [0.5, 0.6) is 0 Å². The Balaban J connectivity index is 2.31. The standard InChI is InChI=1S/C24H37NO10/c1-5-6-7-8-9-10-13-31-24-21(25-19(29)11-12-20(25)30)23(34-17(4)28)22(33-16(3)27)18(35-24)14-32-15(2)26/h18,21-24H,5-14H2,1-4H3/t18-,21-,22-,23-,24+/m1/s1. The van der Waals surface area contributed by atoms with Crippen molar-refractivity contribution >= 4 is 29.7 Å². The van der Waals surface area contributed by atoms with Crippen LogP contribution in [0.15, 0.2) is 0 Å². The lowest BCUT2D eigenvalue weighted by molar-refractivity contribution is -0.289. The number of rotatable bonds is 13. The third-order valence-electron chi connectivity index (χ3n) is 5.84. The minimum Gasteiger partial charge on any atom is -0.463 e. The third kappa shape index (κ3) is 8.57. The molecule has 0 aromatic heterocycles. The van der Waals surface area contributed by atoms with Gasteiger partial charge in [0.15, 0.2) is 18.5 Å². The predicted octanol–water partition coefficient (Wildman–Crippen LogP) is 2.03. The number of likely N-dealkylation sites (tertiary alicyclic amines) is 1. The molecule has 2 saturated heterocycles. The van der Waals surface area contributed by atoms with E-state index in [1.165, 1.54) is 6.92 Å². The summed E-state index contributed by atoms with van der Waals surface area (Å²) in [5.41, 5.74) is 0. The minimum atomic E-state index is -1.27. The van der Waals surface area contributed by atoms with Crippen LogP contribution in [0, 0.1) is 0 Å². The number of imide groups is 1. The minimum absolute atomic E-state index is 0.00137. The number of esters is 3. The fraction of sp³-hybridized carbons (Fsp3) is 0.792. The van der Waals surface area contributed by atoms with Crippen LogP contribution < -0.4 is 0 Å². The summed E-state index contributed by atoms with van der Waals surface area (Å²) in [6.45, 7) is 5.64. The zero-order valence-corrected chi connectivity index (χ0v) is 21.0. The maximum Gasteiger partial charge on any atom is 0.303 e. The quantitative estimate of drug-likeness (QED) is 0.160. The third-order valence-corrected chi connectivity index (χ3v) is 5.84. The van der Waals surface area contributed by atoms with Crippen LogP contribution in [-0.2, 0) is 47.7 Å². The second-order valence-electron chi connectivity index (χ2n) is 8.78. The Morgan fingerprint density at radius 1 is 0.857 bits per heavy atom. The van der Waals surface area contributed by atoms with E-state index in [0.29, 0.717) is 0 Å². The van der Waals surface area contributed by atoms with Gasteiger partial charge in [-0.05, 0) is 6.42 Å². The average Bonchev–Trinajstić information content (AvgIpc) is 3.10. The molecule has 0 bridgehead atoms. The predicted molar refractivity (Wildman–Crippen MR) is 121 cm³/mol. The van der Waals surface area contributed by atoms with Gasteiger partial charge in [0, 0.05) is 40.2 Å². The molecule has 5 atom stereocenters. The lowest BCUT2D eigenvalue weighted by Gasteiger charge is -2.47. The highest BCUT2D eigenvalue weighted by Gasteiger charge is 2.56. The fourth-order valence-corrected chi connectivity index (χ4v) is 4.30. The molecule has 198 valence electrons. The van der Waals surface area contributed by atoms with Crippen molar-refractivity contribution in [1.82, 2.24) is 4.90 Å². The number of amides is 2. The van der Waals surface area contributed by atoms with Crippen LogP contribution in [0.25, 0.3) is 0 Å². The molecule has 2 fully saturated rings. The van der Waals surface area contributed by atoms with Gasteiger partial charge in [0.25, 0.3) is 0 Å². The average molecular weight is 500 g/mol. The van der Waals surface area contributed by atoms with Crippen LogP contribution in [0.1, 0.15) is 79.1 Å². The number of hydrogen-bond donors (Lipinski definition) is 0. The van der Waals surface area contributed by atoms with Crippen LogP contribution in [0.3, 0.4) is 0 Å². The molecule has 11 nitrogen and oxygen atoms in total. The van der Waals surface area contributed by atoms with Crippen molar-refractivity contribution in [3.05, 3.63) is 0 Å². The van der Waals surface area contributed by atoms with Gasteiger partial charge in [-0.15, -0.1) is 0 Å². The largest absolute Gasteiger partial charge is 0.463 e. The monoisotopic (exact) mass is 499 g/mol. The number of unbranched alkanes of at least 4 members (excludes halogenated alkanes) is 5. The van der Waals surface area contributed by atoms with E-state index in [1.54, 1.807) is 0 Å². The van der Waals surface area contributed by atoms with Gasteiger partial charge in [0.2, 0.25) is 11.8 Å². The molecule has 0 aliphatic carbocycles. The Bertz CT molecular complexity index is 753. The number of nitrogens with zero attached hydrogens (tertiary/aromatic N) is 1. The molecule has 2 rings (SSSR count). The van der Waals surface area contributed by atoms with Crippen molar-refractivity contribution in [3.63, 3.8) is 0 Å². The smallest absolute Gasteiger partial charge is 0.303 e. The Morgan fingerprint density at radius 3 is 2.00 bits per heavy atom. The van der Waals surface area contributed by atoms with E-state index in [4.69, 9.17) is 23.7 Å². The van der Waals surface area contributed by atoms with Crippen LogP contribution in [0.2, 0.25) is 0 Å². The highest BCUT2D eigenvalue weighted by molar-refractivity contribution is 6.02. The molecule has 0 radical (unpaired) electrons. The van der Waals surface area contributed by atoms with Gasteiger partial charge in [-0.2, -0.15) is 0 Å². The Morgan fingerprint density at radius 2 is 1.43 bits per heavy atom. The number of ether oxygens (including phenoxy) is 5. The molecule has 2 amide bonds. The van der Waals surface area contributed by atoms with Gasteiger partial charge < -0.3 is 23.7 Å². The molecule has 0 aromatic rings. The van der Waals surface area contributed by atoms with Gasteiger partial charge in [-0.25, -0.2) is 0 Å². The summed E-state index contributed by atoms with van der Waals surface area (Å²) in [6.07, 6.45) is 1.39. The number of carbonyl (C=O) groups is 5. The van der Waals surface area contributed by atoms with Gasteiger partial charge in [-0.1, -0.05) is 39.0 Å². The zero-order valence-electron chi connectivity index (χ0n) is 21.0. The SMILES string of the molecule is CCCCCCCCO[C@H]1O[C@H](COC(C)=O)[C@@H](OC(C)=O)[C@H](OC(C)=O)[C@H]1N1C(=O)CCC1=O. The van der Waals surface area contributed by atoms with Crippen molar-refractivity contribution in [2.45, 2.75) is 110 Å². The first-order chi connectivity index (χ1) is 16.6. The normalized spacial score (nSPS) is 26.5. The summed E-state index contributed by atoms with van der Waals surface area (Å²) >= 11 is 0. The molecule has 0 unspecified atom stereocenters. The molecular formula is C24H37NO10. The second kappa shape index (κ2) is 14.1. The zero-order chi connectivity index (χ0) is 26.0. The van der Waals surface area contributed by atoms with E-state index in [-0.39, 0.29) is 26.1 Å². The van der Waals surface area contributed by atoms with E-state index in [1.807, 2.05) is 0 Å². The summed E-state index contributed by atoms with van der Waals surface area (Å²) in [6, 6.07) is -1.17. The van der Waals surface area contributed by atoms with Gasteiger partial charge in [0.05, 0.1) is 0 Å². The van der Waals surface area contributed by atoms with E-state index < -0.39 is 60.4 Å².